The van der Waals surface area contributed by atoms with E-state index in [1.165, 1.54) is 4.68 Å². The van der Waals surface area contributed by atoms with Gasteiger partial charge in [0.1, 0.15) is 17.2 Å². The summed E-state index contributed by atoms with van der Waals surface area (Å²) in [5.41, 5.74) is 3.45. The van der Waals surface area contributed by atoms with Crippen LogP contribution in [0, 0.1) is 0 Å². The van der Waals surface area contributed by atoms with Gasteiger partial charge in [-0.1, -0.05) is 12.1 Å². The Kier molecular flexibility index (Phi) is 6.81. The van der Waals surface area contributed by atoms with Crippen molar-refractivity contribution < 1.29 is 19.4 Å². The van der Waals surface area contributed by atoms with E-state index < -0.39 is 6.10 Å². The lowest BCUT2D eigenvalue weighted by molar-refractivity contribution is 0.0907. The number of aliphatic hydroxyl groups is 1. The lowest BCUT2D eigenvalue weighted by atomic mass is 10.1. The number of amides is 1. The number of anilines is 1. The summed E-state index contributed by atoms with van der Waals surface area (Å²) in [4.78, 5) is 14.7. The molecule has 0 spiro atoms. The van der Waals surface area contributed by atoms with Gasteiger partial charge < -0.3 is 24.8 Å². The minimum Gasteiger partial charge on any atom is -0.497 e. The Morgan fingerprint density at radius 3 is 2.45 bits per heavy atom. The lowest BCUT2D eigenvalue weighted by Crippen LogP contribution is -2.29. The van der Waals surface area contributed by atoms with Crippen molar-refractivity contribution in [3.8, 4) is 22.8 Å². The van der Waals surface area contributed by atoms with E-state index >= 15 is 0 Å². The summed E-state index contributed by atoms with van der Waals surface area (Å²) in [6.45, 7) is 0.0864. The number of nitrogens with zero attached hydrogens (tertiary/aromatic N) is 3. The summed E-state index contributed by atoms with van der Waals surface area (Å²) < 4.78 is 12.2. The van der Waals surface area contributed by atoms with Crippen molar-refractivity contribution in [2.24, 2.45) is 7.05 Å². The fourth-order valence-electron chi connectivity index (χ4n) is 3.22. The predicted octanol–water partition coefficient (Wildman–Crippen LogP) is 2.63. The molecule has 1 unspecified atom stereocenters. The molecule has 0 radical (unpaired) electrons. The van der Waals surface area contributed by atoms with Gasteiger partial charge in [0.15, 0.2) is 0 Å². The number of benzene rings is 2. The third-order valence-electron chi connectivity index (χ3n) is 5.05. The van der Waals surface area contributed by atoms with Crippen molar-refractivity contribution in [3.63, 3.8) is 0 Å². The molecule has 31 heavy (non-hydrogen) atoms. The number of rotatable bonds is 8. The zero-order chi connectivity index (χ0) is 22.5. The van der Waals surface area contributed by atoms with Gasteiger partial charge in [0, 0.05) is 38.9 Å². The highest BCUT2D eigenvalue weighted by molar-refractivity contribution is 5.94. The number of hydrogen-bond acceptors (Lipinski definition) is 6. The third-order valence-corrected chi connectivity index (χ3v) is 5.05. The molecule has 0 bridgehead atoms. The third kappa shape index (κ3) is 4.97. The number of aliphatic hydroxyl groups excluding tert-OH is 1. The summed E-state index contributed by atoms with van der Waals surface area (Å²) in [6, 6.07) is 14.6. The van der Waals surface area contributed by atoms with Gasteiger partial charge in [-0.2, -0.15) is 5.10 Å². The highest BCUT2D eigenvalue weighted by Crippen LogP contribution is 2.33. The average molecular weight is 425 g/mol. The monoisotopic (exact) mass is 424 g/mol. The SMILES string of the molecule is COc1ccc(OC)c(-c2cc(C(=O)NCC(O)c3ccc(N(C)C)cc3)n(C)n2)c1. The highest BCUT2D eigenvalue weighted by atomic mass is 16.5. The van der Waals surface area contributed by atoms with Crippen LogP contribution >= 0.6 is 0 Å². The van der Waals surface area contributed by atoms with Crippen molar-refractivity contribution in [3.05, 3.63) is 59.8 Å². The maximum Gasteiger partial charge on any atom is 0.269 e. The second-order valence-electron chi connectivity index (χ2n) is 7.32. The van der Waals surface area contributed by atoms with Gasteiger partial charge >= 0.3 is 0 Å². The van der Waals surface area contributed by atoms with Crippen LogP contribution in [0.5, 0.6) is 11.5 Å². The maximum absolute atomic E-state index is 12.7. The Morgan fingerprint density at radius 1 is 1.13 bits per heavy atom. The molecular formula is C23H28N4O4. The summed E-state index contributed by atoms with van der Waals surface area (Å²) in [6.07, 6.45) is -0.814. The van der Waals surface area contributed by atoms with Crippen LogP contribution in [0.1, 0.15) is 22.2 Å². The second-order valence-corrected chi connectivity index (χ2v) is 7.32. The first-order valence-corrected chi connectivity index (χ1v) is 9.84. The molecule has 2 aromatic carbocycles. The van der Waals surface area contributed by atoms with Crippen LogP contribution in [-0.2, 0) is 7.05 Å². The number of carbonyl (C=O) groups excluding carboxylic acids is 1. The molecule has 1 aromatic heterocycles. The number of aryl methyl sites for hydroxylation is 1. The smallest absolute Gasteiger partial charge is 0.269 e. The van der Waals surface area contributed by atoms with Crippen LogP contribution in [0.15, 0.2) is 48.5 Å². The Hall–Kier alpha value is -3.52. The number of hydrogen-bond donors (Lipinski definition) is 2. The van der Waals surface area contributed by atoms with Crippen LogP contribution in [0.25, 0.3) is 11.3 Å². The number of methoxy groups -OCH3 is 2. The average Bonchev–Trinajstić information content (AvgIpc) is 3.18. The number of carbonyl (C=O) groups is 1. The fraction of sp³-hybridized carbons (Fsp3) is 0.304. The zero-order valence-electron chi connectivity index (χ0n) is 18.4. The molecule has 2 N–H and O–H groups in total. The number of ether oxygens (including phenoxy) is 2. The molecule has 8 nitrogen and oxygen atoms in total. The molecule has 3 aromatic rings. The van der Waals surface area contributed by atoms with Crippen molar-refractivity contribution in [1.29, 1.82) is 0 Å². The van der Waals surface area contributed by atoms with E-state index in [2.05, 4.69) is 10.4 Å². The number of aromatic nitrogens is 2. The van der Waals surface area contributed by atoms with E-state index in [-0.39, 0.29) is 12.5 Å². The number of nitrogens with one attached hydrogen (secondary N) is 1. The van der Waals surface area contributed by atoms with Crippen molar-refractivity contribution >= 4 is 11.6 Å². The molecular weight excluding hydrogens is 396 g/mol. The molecule has 0 fully saturated rings. The molecule has 0 aliphatic carbocycles. The molecule has 1 amide bonds. The summed E-state index contributed by atoms with van der Waals surface area (Å²) in [7, 11) is 8.77. The van der Waals surface area contributed by atoms with Gasteiger partial charge in [0.25, 0.3) is 5.91 Å². The molecule has 1 atom stereocenters. The van der Waals surface area contributed by atoms with E-state index in [9.17, 15) is 9.90 Å². The van der Waals surface area contributed by atoms with Gasteiger partial charge in [-0.05, 0) is 42.0 Å². The molecule has 1 heterocycles. The summed E-state index contributed by atoms with van der Waals surface area (Å²) in [5, 5.41) is 17.7. The quantitative estimate of drug-likeness (QED) is 0.578. The van der Waals surface area contributed by atoms with Gasteiger partial charge in [-0.15, -0.1) is 0 Å². The summed E-state index contributed by atoms with van der Waals surface area (Å²) in [5.74, 6) is 0.963. The lowest BCUT2D eigenvalue weighted by Gasteiger charge is -2.15. The van der Waals surface area contributed by atoms with Crippen LogP contribution < -0.4 is 19.7 Å². The van der Waals surface area contributed by atoms with Gasteiger partial charge in [0.05, 0.1) is 26.0 Å². The molecule has 164 valence electrons. The normalized spacial score (nSPS) is 11.7. The molecule has 0 aliphatic rings. The Labute approximate surface area is 182 Å². The van der Waals surface area contributed by atoms with Gasteiger partial charge in [-0.3, -0.25) is 9.48 Å². The first-order chi connectivity index (χ1) is 14.8. The summed E-state index contributed by atoms with van der Waals surface area (Å²) >= 11 is 0. The topological polar surface area (TPSA) is 88.9 Å². The predicted molar refractivity (Wildman–Crippen MR) is 120 cm³/mol. The minimum atomic E-state index is -0.814. The Balaban J connectivity index is 1.73. The van der Waals surface area contributed by atoms with E-state index in [1.807, 2.05) is 49.3 Å². The Bertz CT molecular complexity index is 1040. The first-order valence-electron chi connectivity index (χ1n) is 9.84. The van der Waals surface area contributed by atoms with Crippen LogP contribution in [0.4, 0.5) is 5.69 Å². The molecule has 0 saturated carbocycles. The van der Waals surface area contributed by atoms with Gasteiger partial charge in [0.2, 0.25) is 0 Å². The van der Waals surface area contributed by atoms with Crippen molar-refractivity contribution in [2.75, 3.05) is 39.8 Å². The fourth-order valence-corrected chi connectivity index (χ4v) is 3.22. The highest BCUT2D eigenvalue weighted by Gasteiger charge is 2.18. The minimum absolute atomic E-state index is 0.0864. The van der Waals surface area contributed by atoms with E-state index in [0.29, 0.717) is 22.9 Å². The maximum atomic E-state index is 12.7. The molecule has 0 aliphatic heterocycles. The van der Waals surface area contributed by atoms with Crippen molar-refractivity contribution in [2.45, 2.75) is 6.10 Å². The van der Waals surface area contributed by atoms with Crippen LogP contribution in [0.3, 0.4) is 0 Å². The van der Waals surface area contributed by atoms with Crippen molar-refractivity contribution in [1.82, 2.24) is 15.1 Å². The van der Waals surface area contributed by atoms with E-state index in [1.54, 1.807) is 39.5 Å². The van der Waals surface area contributed by atoms with Crippen LogP contribution in [-0.4, -0.2) is 55.7 Å². The second kappa shape index (κ2) is 9.53. The van der Waals surface area contributed by atoms with Crippen LogP contribution in [0.2, 0.25) is 0 Å². The van der Waals surface area contributed by atoms with E-state index in [0.717, 1.165) is 16.8 Å². The zero-order valence-corrected chi connectivity index (χ0v) is 18.4. The van der Waals surface area contributed by atoms with E-state index in [4.69, 9.17) is 9.47 Å². The Morgan fingerprint density at radius 2 is 1.84 bits per heavy atom. The first kappa shape index (κ1) is 22.2. The standard InChI is InChI=1S/C23H28N4O4/c1-26(2)16-8-6-15(7-9-16)21(28)14-24-23(29)20-13-19(25-27(20)3)18-12-17(30-4)10-11-22(18)31-5/h6-13,21,28H,14H2,1-5H3,(H,24,29). The molecule has 3 rings (SSSR count). The van der Waals surface area contributed by atoms with Gasteiger partial charge in [-0.25, -0.2) is 0 Å². The molecule has 8 heteroatoms. The largest absolute Gasteiger partial charge is 0.497 e. The molecule has 0 saturated heterocycles.